The molecule has 3 N–H and O–H groups in total. The third-order valence-corrected chi connectivity index (χ3v) is 20.8. The van der Waals surface area contributed by atoms with Gasteiger partial charge in [-0.15, -0.1) is 0 Å². The summed E-state index contributed by atoms with van der Waals surface area (Å²) in [6.07, 6.45) is 59.6. The van der Waals surface area contributed by atoms with Crippen LogP contribution >= 0.6 is 15.6 Å². The second-order valence-electron chi connectivity index (χ2n) is 30.6. The molecule has 0 amide bonds. The predicted molar refractivity (Wildman–Crippen MR) is 409 cm³/mol. The molecule has 594 valence electrons. The Morgan fingerprint density at radius 2 is 0.460 bits per heavy atom. The van der Waals surface area contributed by atoms with Crippen LogP contribution in [0.25, 0.3) is 0 Å². The molecule has 0 radical (unpaired) electrons. The summed E-state index contributed by atoms with van der Waals surface area (Å²) < 4.78 is 68.7. The van der Waals surface area contributed by atoms with Crippen molar-refractivity contribution in [3.8, 4) is 0 Å². The normalized spacial score (nSPS) is 14.0. The lowest BCUT2D eigenvalue weighted by Crippen LogP contribution is -2.30. The number of hydrogen-bond acceptors (Lipinski definition) is 15. The minimum atomic E-state index is -4.96. The number of esters is 4. The molecule has 0 saturated heterocycles. The number of rotatable bonds is 79. The first-order valence-electron chi connectivity index (χ1n) is 41.8. The number of aliphatic hydroxyl groups is 1. The third-order valence-electron chi connectivity index (χ3n) is 18.9. The van der Waals surface area contributed by atoms with Crippen LogP contribution in [0, 0.1) is 17.8 Å². The van der Waals surface area contributed by atoms with Crippen LogP contribution in [0.2, 0.25) is 0 Å². The summed E-state index contributed by atoms with van der Waals surface area (Å²) in [5, 5.41) is 10.6. The molecular weight excluding hydrogens is 1310 g/mol. The molecule has 17 nitrogen and oxygen atoms in total. The third kappa shape index (κ3) is 74.3. The van der Waals surface area contributed by atoms with E-state index >= 15 is 0 Å². The van der Waals surface area contributed by atoms with E-state index in [0.717, 1.165) is 108 Å². The van der Waals surface area contributed by atoms with E-state index < -0.39 is 97.5 Å². The summed E-state index contributed by atoms with van der Waals surface area (Å²) in [5.41, 5.74) is 0. The summed E-state index contributed by atoms with van der Waals surface area (Å²) in [4.78, 5) is 73.0. The molecule has 0 fully saturated rings. The molecule has 2 unspecified atom stereocenters. The highest BCUT2D eigenvalue weighted by Crippen LogP contribution is 2.45. The van der Waals surface area contributed by atoms with Gasteiger partial charge < -0.3 is 33.8 Å². The Morgan fingerprint density at radius 3 is 0.680 bits per heavy atom. The Morgan fingerprint density at radius 1 is 0.270 bits per heavy atom. The number of phosphoric acid groups is 2. The Labute approximate surface area is 613 Å². The molecule has 0 bridgehead atoms. The number of phosphoric ester groups is 2. The Kier molecular flexibility index (Phi) is 69.9. The Hall–Kier alpha value is -1.94. The number of unbranched alkanes of at least 4 members (excludes halogenated alkanes) is 47. The second-order valence-corrected chi connectivity index (χ2v) is 33.5. The van der Waals surface area contributed by atoms with E-state index in [-0.39, 0.29) is 25.7 Å². The lowest BCUT2D eigenvalue weighted by Gasteiger charge is -2.21. The van der Waals surface area contributed by atoms with Crippen LogP contribution < -0.4 is 0 Å². The zero-order valence-electron chi connectivity index (χ0n) is 65.7. The van der Waals surface area contributed by atoms with Crippen molar-refractivity contribution in [3.63, 3.8) is 0 Å². The fourth-order valence-electron chi connectivity index (χ4n) is 12.5. The van der Waals surface area contributed by atoms with Crippen molar-refractivity contribution >= 4 is 39.5 Å². The maximum absolute atomic E-state index is 13.1. The molecular formula is C81H158O17P2. The quantitative estimate of drug-likeness (QED) is 0.0222. The molecule has 0 spiro atoms. The van der Waals surface area contributed by atoms with Crippen molar-refractivity contribution in [1.82, 2.24) is 0 Å². The maximum atomic E-state index is 13.1. The van der Waals surface area contributed by atoms with Gasteiger partial charge in [-0.25, -0.2) is 9.13 Å². The van der Waals surface area contributed by atoms with E-state index in [9.17, 15) is 43.2 Å². The Bertz CT molecular complexity index is 1940. The van der Waals surface area contributed by atoms with E-state index in [2.05, 4.69) is 48.5 Å². The van der Waals surface area contributed by atoms with Gasteiger partial charge in [-0.3, -0.25) is 37.3 Å². The zero-order valence-corrected chi connectivity index (χ0v) is 67.5. The van der Waals surface area contributed by atoms with Gasteiger partial charge in [-0.05, 0) is 43.4 Å². The van der Waals surface area contributed by atoms with Crippen LogP contribution in [0.15, 0.2) is 0 Å². The molecule has 0 aromatic heterocycles. The lowest BCUT2D eigenvalue weighted by molar-refractivity contribution is -0.161. The highest BCUT2D eigenvalue weighted by atomic mass is 31.2. The van der Waals surface area contributed by atoms with Gasteiger partial charge in [0.25, 0.3) is 0 Å². The minimum absolute atomic E-state index is 0.107. The average molecular weight is 1470 g/mol. The van der Waals surface area contributed by atoms with Crippen molar-refractivity contribution in [2.75, 3.05) is 39.6 Å². The van der Waals surface area contributed by atoms with E-state index in [1.54, 1.807) is 0 Å². The second kappa shape index (κ2) is 71.3. The Balaban J connectivity index is 5.25. The van der Waals surface area contributed by atoms with Crippen molar-refractivity contribution in [2.45, 2.75) is 439 Å². The van der Waals surface area contributed by atoms with E-state index in [1.165, 1.54) is 231 Å². The average Bonchev–Trinajstić information content (AvgIpc) is 0.966. The van der Waals surface area contributed by atoms with Crippen LogP contribution in [0.5, 0.6) is 0 Å². The van der Waals surface area contributed by atoms with Crippen LogP contribution in [-0.2, 0) is 65.4 Å². The molecule has 0 heterocycles. The van der Waals surface area contributed by atoms with Gasteiger partial charge >= 0.3 is 39.5 Å². The molecule has 0 aliphatic rings. The fourth-order valence-corrected chi connectivity index (χ4v) is 14.1. The van der Waals surface area contributed by atoms with Crippen molar-refractivity contribution in [3.05, 3.63) is 0 Å². The summed E-state index contributed by atoms with van der Waals surface area (Å²) in [6.45, 7) is 12.0. The number of hydrogen-bond donors (Lipinski definition) is 3. The number of aliphatic hydroxyl groups excluding tert-OH is 1. The van der Waals surface area contributed by atoms with Crippen LogP contribution in [0.4, 0.5) is 0 Å². The molecule has 5 atom stereocenters. The molecule has 19 heteroatoms. The topological polar surface area (TPSA) is 237 Å². The SMILES string of the molecule is CCCCCCCCCCCCCCCCCC(=O)O[C@H](COC(=O)CCCCCCCCCCC(C)C)COP(=O)(O)OC[C@H](O)COP(=O)(O)OC[C@@H](COC(=O)CCCCCCCCCCCCCCC(C)C)OC(=O)CCCCCCCCCCCCCCCCCCC(C)C. The molecule has 0 aromatic carbocycles. The fraction of sp³-hybridized carbons (Fsp3) is 0.951. The highest BCUT2D eigenvalue weighted by molar-refractivity contribution is 7.47. The monoisotopic (exact) mass is 1470 g/mol. The van der Waals surface area contributed by atoms with Crippen molar-refractivity contribution in [1.29, 1.82) is 0 Å². The summed E-state index contributed by atoms with van der Waals surface area (Å²) in [7, 11) is -9.92. The number of carbonyl (C=O) groups excluding carboxylic acids is 4. The van der Waals surface area contributed by atoms with E-state index in [1.807, 2.05) is 0 Å². The van der Waals surface area contributed by atoms with Gasteiger partial charge in [-0.2, -0.15) is 0 Å². The van der Waals surface area contributed by atoms with Gasteiger partial charge in [0.1, 0.15) is 19.3 Å². The first-order chi connectivity index (χ1) is 48.2. The highest BCUT2D eigenvalue weighted by Gasteiger charge is 2.30. The first kappa shape index (κ1) is 98.1. The van der Waals surface area contributed by atoms with Crippen LogP contribution in [0.3, 0.4) is 0 Å². The first-order valence-corrected chi connectivity index (χ1v) is 44.8. The van der Waals surface area contributed by atoms with Gasteiger partial charge in [0, 0.05) is 25.7 Å². The van der Waals surface area contributed by atoms with Crippen molar-refractivity contribution < 1.29 is 80.2 Å². The van der Waals surface area contributed by atoms with Crippen LogP contribution in [-0.4, -0.2) is 96.7 Å². The van der Waals surface area contributed by atoms with Gasteiger partial charge in [0.2, 0.25) is 0 Å². The van der Waals surface area contributed by atoms with Gasteiger partial charge in [0.05, 0.1) is 26.4 Å². The van der Waals surface area contributed by atoms with E-state index in [0.29, 0.717) is 25.7 Å². The largest absolute Gasteiger partial charge is 0.472 e. The number of carbonyl (C=O) groups is 4. The molecule has 0 saturated carbocycles. The smallest absolute Gasteiger partial charge is 0.462 e. The predicted octanol–water partition coefficient (Wildman–Crippen LogP) is 24.1. The zero-order chi connectivity index (χ0) is 73.7. The summed E-state index contributed by atoms with van der Waals surface area (Å²) in [5.74, 6) is 0.208. The summed E-state index contributed by atoms with van der Waals surface area (Å²) >= 11 is 0. The van der Waals surface area contributed by atoms with Gasteiger partial charge in [-0.1, -0.05) is 370 Å². The standard InChI is InChI=1S/C81H158O17P2/c1-8-9-10-11-12-13-14-15-18-22-29-34-43-50-57-64-81(86)98-77(69-92-79(84)63-56-49-42-37-36-40-47-54-61-74(6)7)71-96-100(89,90)94-67-75(82)66-93-99(87,88)95-70-76(68-91-78(83)62-55-48-41-33-28-25-24-27-32-39-46-53-60-73(4)5)97-80(85)65-58-51-44-35-30-23-20-17-16-19-21-26-31-38-45-52-59-72(2)3/h72-77,82H,8-71H2,1-7H3,(H,87,88)(H,89,90)/t75-,76-,77-/m1/s1. The molecule has 0 aromatic rings. The molecule has 100 heavy (non-hydrogen) atoms. The lowest BCUT2D eigenvalue weighted by atomic mass is 10.0. The molecule has 0 aliphatic heterocycles. The van der Waals surface area contributed by atoms with Crippen molar-refractivity contribution in [2.24, 2.45) is 17.8 Å². The molecule has 0 aliphatic carbocycles. The minimum Gasteiger partial charge on any atom is -0.462 e. The maximum Gasteiger partial charge on any atom is 0.472 e. The van der Waals surface area contributed by atoms with E-state index in [4.69, 9.17) is 37.0 Å². The number of ether oxygens (including phenoxy) is 4. The van der Waals surface area contributed by atoms with Crippen LogP contribution in [0.1, 0.15) is 421 Å². The molecule has 0 rings (SSSR count). The van der Waals surface area contributed by atoms with Gasteiger partial charge in [0.15, 0.2) is 12.2 Å². The summed E-state index contributed by atoms with van der Waals surface area (Å²) in [6, 6.07) is 0.